The van der Waals surface area contributed by atoms with Gasteiger partial charge in [-0.3, -0.25) is 4.79 Å². The van der Waals surface area contributed by atoms with Crippen LogP contribution in [0.15, 0.2) is 53.4 Å². The van der Waals surface area contributed by atoms with Gasteiger partial charge < -0.3 is 14.8 Å². The van der Waals surface area contributed by atoms with Crippen LogP contribution < -0.4 is 10.1 Å². The molecule has 1 aliphatic rings. The molecule has 1 fully saturated rings. The second kappa shape index (κ2) is 9.16. The Kier molecular flexibility index (Phi) is 6.80. The van der Waals surface area contributed by atoms with Gasteiger partial charge in [0.2, 0.25) is 10.0 Å². The third-order valence-electron chi connectivity index (χ3n) is 5.09. The molecule has 30 heavy (non-hydrogen) atoms. The van der Waals surface area contributed by atoms with Gasteiger partial charge in [0, 0.05) is 24.2 Å². The fraction of sp³-hybridized carbons (Fsp3) is 0.409. The number of hydrogen-bond donors (Lipinski definition) is 1. The van der Waals surface area contributed by atoms with E-state index in [0.717, 1.165) is 5.56 Å². The monoisotopic (exact) mass is 432 g/mol. The van der Waals surface area contributed by atoms with Crippen molar-refractivity contribution in [3.8, 4) is 5.75 Å². The van der Waals surface area contributed by atoms with Crippen molar-refractivity contribution in [1.29, 1.82) is 0 Å². The van der Waals surface area contributed by atoms with Crippen molar-refractivity contribution >= 4 is 15.9 Å². The Morgan fingerprint density at radius 3 is 2.30 bits per heavy atom. The van der Waals surface area contributed by atoms with Gasteiger partial charge >= 0.3 is 0 Å². The molecular formula is C22H28N2O5S. The van der Waals surface area contributed by atoms with Crippen LogP contribution in [0.4, 0.5) is 0 Å². The maximum absolute atomic E-state index is 12.9. The molecule has 2 aromatic carbocycles. The highest BCUT2D eigenvalue weighted by Gasteiger charge is 2.32. The minimum atomic E-state index is -3.64. The first-order chi connectivity index (χ1) is 14.2. The molecular weight excluding hydrogens is 404 g/mol. The molecule has 0 radical (unpaired) electrons. The second-order valence-electron chi connectivity index (χ2n) is 7.54. The zero-order valence-corrected chi connectivity index (χ0v) is 18.5. The summed E-state index contributed by atoms with van der Waals surface area (Å²) in [5, 5.41) is 2.93. The van der Waals surface area contributed by atoms with Gasteiger partial charge in [0.25, 0.3) is 5.91 Å². The number of morpholine rings is 1. The Hall–Kier alpha value is -2.42. The number of hydrogen-bond acceptors (Lipinski definition) is 5. The number of amides is 1. The summed E-state index contributed by atoms with van der Waals surface area (Å²) >= 11 is 0. The molecule has 0 saturated carbocycles. The minimum absolute atomic E-state index is 0.162. The average Bonchev–Trinajstić information content (AvgIpc) is 2.73. The molecule has 0 unspecified atom stereocenters. The first-order valence-corrected chi connectivity index (χ1v) is 11.4. The highest BCUT2D eigenvalue weighted by molar-refractivity contribution is 7.89. The van der Waals surface area contributed by atoms with Crippen LogP contribution in [0.25, 0.3) is 0 Å². The Bertz CT molecular complexity index is 981. The summed E-state index contributed by atoms with van der Waals surface area (Å²) in [5.74, 6) is 0.409. The first kappa shape index (κ1) is 22.3. The van der Waals surface area contributed by atoms with Gasteiger partial charge in [-0.05, 0) is 51.1 Å². The van der Waals surface area contributed by atoms with E-state index >= 15 is 0 Å². The molecule has 1 saturated heterocycles. The highest BCUT2D eigenvalue weighted by Crippen LogP contribution is 2.25. The van der Waals surface area contributed by atoms with E-state index in [1.54, 1.807) is 7.11 Å². The summed E-state index contributed by atoms with van der Waals surface area (Å²) in [6, 6.07) is 13.2. The molecule has 162 valence electrons. The Morgan fingerprint density at radius 1 is 1.10 bits per heavy atom. The van der Waals surface area contributed by atoms with Crippen LogP contribution in [0, 0.1) is 0 Å². The molecule has 3 atom stereocenters. The quantitative estimate of drug-likeness (QED) is 0.759. The Morgan fingerprint density at radius 2 is 1.70 bits per heavy atom. The van der Waals surface area contributed by atoms with Crippen molar-refractivity contribution in [2.24, 2.45) is 0 Å². The van der Waals surface area contributed by atoms with Crippen molar-refractivity contribution in [3.05, 3.63) is 59.7 Å². The standard InChI is InChI=1S/C22H28N2O5S/c1-15-13-24(14-16(2)29-15)30(26,27)19-11-9-18(10-12-19)22(25)23-17(3)20-7-5-6-8-21(20)28-4/h5-12,15-17H,13-14H2,1-4H3,(H,23,25)/t15-,16+,17-/m0/s1. The van der Waals surface area contributed by atoms with Gasteiger partial charge in [0.15, 0.2) is 0 Å². The SMILES string of the molecule is COc1ccccc1[C@H](C)NC(=O)c1ccc(S(=O)(=O)N2C[C@@H](C)O[C@@H](C)C2)cc1. The van der Waals surface area contributed by atoms with Crippen molar-refractivity contribution < 1.29 is 22.7 Å². The van der Waals surface area contributed by atoms with E-state index in [9.17, 15) is 13.2 Å². The number of rotatable bonds is 6. The van der Waals surface area contributed by atoms with E-state index in [0.29, 0.717) is 24.4 Å². The lowest BCUT2D eigenvalue weighted by Gasteiger charge is -2.34. The van der Waals surface area contributed by atoms with Crippen LogP contribution in [0.3, 0.4) is 0 Å². The van der Waals surface area contributed by atoms with Crippen LogP contribution in [0.1, 0.15) is 42.7 Å². The van der Waals surface area contributed by atoms with Gasteiger partial charge in [-0.2, -0.15) is 4.31 Å². The van der Waals surface area contributed by atoms with Gasteiger partial charge in [-0.1, -0.05) is 18.2 Å². The maximum atomic E-state index is 12.9. The van der Waals surface area contributed by atoms with E-state index in [4.69, 9.17) is 9.47 Å². The van der Waals surface area contributed by atoms with E-state index < -0.39 is 10.0 Å². The van der Waals surface area contributed by atoms with Gasteiger partial charge in [-0.15, -0.1) is 0 Å². The number of para-hydroxylation sites is 1. The molecule has 0 spiro atoms. The number of benzene rings is 2. The minimum Gasteiger partial charge on any atom is -0.496 e. The Balaban J connectivity index is 1.72. The fourth-order valence-corrected chi connectivity index (χ4v) is 5.23. The highest BCUT2D eigenvalue weighted by atomic mass is 32.2. The molecule has 7 nitrogen and oxygen atoms in total. The number of ether oxygens (including phenoxy) is 2. The lowest BCUT2D eigenvalue weighted by molar-refractivity contribution is -0.0440. The largest absolute Gasteiger partial charge is 0.496 e. The van der Waals surface area contributed by atoms with Gasteiger partial charge in [-0.25, -0.2) is 8.42 Å². The fourth-order valence-electron chi connectivity index (χ4n) is 3.64. The van der Waals surface area contributed by atoms with Gasteiger partial charge in [0.1, 0.15) is 5.75 Å². The normalized spacial score (nSPS) is 21.1. The van der Waals surface area contributed by atoms with Crippen molar-refractivity contribution in [1.82, 2.24) is 9.62 Å². The third-order valence-corrected chi connectivity index (χ3v) is 6.94. The van der Waals surface area contributed by atoms with Crippen LogP contribution >= 0.6 is 0 Å². The number of methoxy groups -OCH3 is 1. The van der Waals surface area contributed by atoms with E-state index in [-0.39, 0.29) is 29.1 Å². The van der Waals surface area contributed by atoms with Gasteiger partial charge in [0.05, 0.1) is 30.3 Å². The summed E-state index contributed by atoms with van der Waals surface area (Å²) in [6.45, 7) is 6.20. The maximum Gasteiger partial charge on any atom is 0.251 e. The van der Waals surface area contributed by atoms with Crippen LogP contribution in [-0.4, -0.2) is 51.0 Å². The van der Waals surface area contributed by atoms with Crippen molar-refractivity contribution in [2.45, 2.75) is 43.9 Å². The third kappa shape index (κ3) is 4.83. The number of nitrogens with one attached hydrogen (secondary N) is 1. The molecule has 8 heteroatoms. The molecule has 1 aliphatic heterocycles. The predicted molar refractivity (Wildman–Crippen MR) is 114 cm³/mol. The molecule has 1 amide bonds. The zero-order chi connectivity index (χ0) is 21.9. The predicted octanol–water partition coefficient (Wildman–Crippen LogP) is 2.98. The summed E-state index contributed by atoms with van der Waals surface area (Å²) in [6.07, 6.45) is -0.324. The van der Waals surface area contributed by atoms with E-state index in [1.807, 2.05) is 45.0 Å². The smallest absolute Gasteiger partial charge is 0.251 e. The van der Waals surface area contributed by atoms with Crippen LogP contribution in [-0.2, 0) is 14.8 Å². The lowest BCUT2D eigenvalue weighted by Crippen LogP contribution is -2.48. The molecule has 0 aliphatic carbocycles. The molecule has 1 heterocycles. The second-order valence-corrected chi connectivity index (χ2v) is 9.48. The van der Waals surface area contributed by atoms with E-state index in [1.165, 1.54) is 28.6 Å². The number of sulfonamides is 1. The first-order valence-electron chi connectivity index (χ1n) is 9.92. The van der Waals surface area contributed by atoms with Crippen LogP contribution in [0.5, 0.6) is 5.75 Å². The summed E-state index contributed by atoms with van der Waals surface area (Å²) in [7, 11) is -2.05. The summed E-state index contributed by atoms with van der Waals surface area (Å²) in [5.41, 5.74) is 1.25. The molecule has 2 aromatic rings. The number of nitrogens with zero attached hydrogens (tertiary/aromatic N) is 1. The van der Waals surface area contributed by atoms with Crippen LogP contribution in [0.2, 0.25) is 0 Å². The lowest BCUT2D eigenvalue weighted by atomic mass is 10.1. The zero-order valence-electron chi connectivity index (χ0n) is 17.7. The number of carbonyl (C=O) groups excluding carboxylic acids is 1. The molecule has 0 bridgehead atoms. The van der Waals surface area contributed by atoms with Crippen molar-refractivity contribution in [3.63, 3.8) is 0 Å². The molecule has 1 N–H and O–H groups in total. The number of carbonyl (C=O) groups is 1. The molecule has 3 rings (SSSR count). The Labute approximate surface area is 178 Å². The summed E-state index contributed by atoms with van der Waals surface area (Å²) in [4.78, 5) is 12.8. The topological polar surface area (TPSA) is 84.9 Å². The van der Waals surface area contributed by atoms with E-state index in [2.05, 4.69) is 5.32 Å². The average molecular weight is 433 g/mol. The summed E-state index contributed by atoms with van der Waals surface area (Å²) < 4.78 is 38.3. The van der Waals surface area contributed by atoms with Crippen molar-refractivity contribution in [2.75, 3.05) is 20.2 Å². The molecule has 0 aromatic heterocycles.